The third-order valence-corrected chi connectivity index (χ3v) is 5.30. The molecule has 7 heteroatoms. The zero-order chi connectivity index (χ0) is 18.1. The minimum Gasteiger partial charge on any atom is -0.391 e. The van der Waals surface area contributed by atoms with Gasteiger partial charge in [-0.15, -0.1) is 0 Å². The number of aliphatic hydroxyl groups is 1. The highest BCUT2D eigenvalue weighted by molar-refractivity contribution is 7.71. The van der Waals surface area contributed by atoms with Gasteiger partial charge in [0.2, 0.25) is 5.91 Å². The second-order valence-electron chi connectivity index (χ2n) is 6.62. The zero-order valence-electron chi connectivity index (χ0n) is 14.2. The van der Waals surface area contributed by atoms with E-state index in [-0.39, 0.29) is 5.91 Å². The number of likely N-dealkylation sites (tertiary alicyclic amines) is 1. The lowest BCUT2D eigenvalue weighted by Crippen LogP contribution is -2.45. The fraction of sp³-hybridized carbons (Fsp3) is 0.316. The fourth-order valence-corrected chi connectivity index (χ4v) is 3.87. The number of aliphatic hydroxyl groups excluding tert-OH is 1. The molecular formula is C19H20N4O2S. The second-order valence-corrected chi connectivity index (χ2v) is 7.01. The van der Waals surface area contributed by atoms with Crippen molar-refractivity contribution in [2.45, 2.75) is 25.0 Å². The summed E-state index contributed by atoms with van der Waals surface area (Å²) < 4.78 is 2.39. The number of carbonyl (C=O) groups is 1. The molecule has 2 aromatic heterocycles. The van der Waals surface area contributed by atoms with Gasteiger partial charge in [-0.25, -0.2) is 0 Å². The quantitative estimate of drug-likeness (QED) is 0.697. The lowest BCUT2D eigenvalue weighted by atomic mass is 10.0. The maximum absolute atomic E-state index is 13.4. The zero-order valence-corrected chi connectivity index (χ0v) is 15.0. The van der Waals surface area contributed by atoms with Crippen molar-refractivity contribution in [2.75, 3.05) is 13.1 Å². The van der Waals surface area contributed by atoms with Gasteiger partial charge in [-0.05, 0) is 24.5 Å². The van der Waals surface area contributed by atoms with E-state index < -0.39 is 12.1 Å². The largest absolute Gasteiger partial charge is 0.391 e. The minimum atomic E-state index is -0.562. The van der Waals surface area contributed by atoms with E-state index in [4.69, 9.17) is 12.2 Å². The maximum Gasteiger partial charge on any atom is 0.250 e. The number of hydrogen-bond donors (Lipinski definition) is 2. The number of aromatic nitrogens is 3. The van der Waals surface area contributed by atoms with Crippen LogP contribution in [-0.2, 0) is 4.79 Å². The van der Waals surface area contributed by atoms with Gasteiger partial charge in [-0.2, -0.15) is 5.10 Å². The summed E-state index contributed by atoms with van der Waals surface area (Å²) in [7, 11) is 0. The number of H-pyrrole nitrogens is 1. The normalized spacial score (nSPS) is 18.8. The Bertz CT molecular complexity index is 982. The van der Waals surface area contributed by atoms with Crippen molar-refractivity contribution in [3.8, 4) is 0 Å². The second kappa shape index (κ2) is 7.01. The van der Waals surface area contributed by atoms with Gasteiger partial charge >= 0.3 is 0 Å². The first-order valence-corrected chi connectivity index (χ1v) is 9.12. The fourth-order valence-electron chi connectivity index (χ4n) is 3.54. The highest BCUT2D eigenvalue weighted by Gasteiger charge is 2.30. The molecule has 2 atom stereocenters. The molecule has 1 aliphatic heterocycles. The molecule has 0 radical (unpaired) electrons. The number of fused-ring (bicyclic) bond motifs is 1. The van der Waals surface area contributed by atoms with E-state index in [0.717, 1.165) is 29.3 Å². The van der Waals surface area contributed by atoms with Gasteiger partial charge in [0.15, 0.2) is 0 Å². The lowest BCUT2D eigenvalue weighted by Gasteiger charge is -2.34. The van der Waals surface area contributed by atoms with Crippen LogP contribution in [0.3, 0.4) is 0 Å². The van der Waals surface area contributed by atoms with Gasteiger partial charge in [0.25, 0.3) is 0 Å². The molecule has 4 rings (SSSR count). The standard InChI is InChI=1S/C19H20N4O2S/c24-14-7-4-9-22(12-14)18(25)17(13-5-2-1-3-6-13)23-10-8-16-15(19(23)26)11-20-21-16/h1-3,5-6,8,10-11,14,17,24H,4,7,9,12H2,(H,20,21). The van der Waals surface area contributed by atoms with E-state index in [0.29, 0.717) is 17.7 Å². The van der Waals surface area contributed by atoms with Crippen molar-refractivity contribution in [3.63, 3.8) is 0 Å². The number of hydrogen-bond acceptors (Lipinski definition) is 4. The number of nitrogens with one attached hydrogen (secondary N) is 1. The topological polar surface area (TPSA) is 74.2 Å². The number of pyridine rings is 1. The first-order valence-electron chi connectivity index (χ1n) is 8.71. The molecule has 2 unspecified atom stereocenters. The predicted molar refractivity (Wildman–Crippen MR) is 101 cm³/mol. The van der Waals surface area contributed by atoms with Crippen molar-refractivity contribution >= 4 is 29.0 Å². The third kappa shape index (κ3) is 3.04. The summed E-state index contributed by atoms with van der Waals surface area (Å²) in [6.45, 7) is 1.02. The number of amides is 1. The van der Waals surface area contributed by atoms with Gasteiger partial charge in [-0.1, -0.05) is 42.5 Å². The molecule has 1 aliphatic rings. The highest BCUT2D eigenvalue weighted by Crippen LogP contribution is 2.26. The molecule has 0 saturated carbocycles. The molecule has 0 aliphatic carbocycles. The van der Waals surface area contributed by atoms with Crippen molar-refractivity contribution in [1.29, 1.82) is 0 Å². The lowest BCUT2D eigenvalue weighted by molar-refractivity contribution is -0.136. The van der Waals surface area contributed by atoms with Gasteiger partial charge < -0.3 is 14.6 Å². The molecule has 6 nitrogen and oxygen atoms in total. The Kier molecular flexibility index (Phi) is 4.57. The Labute approximate surface area is 156 Å². The number of benzene rings is 1. The molecule has 1 saturated heterocycles. The number of rotatable bonds is 3. The first-order chi connectivity index (χ1) is 12.6. The summed E-state index contributed by atoms with van der Waals surface area (Å²) in [5.41, 5.74) is 1.72. The van der Waals surface area contributed by atoms with E-state index in [2.05, 4.69) is 10.2 Å². The van der Waals surface area contributed by atoms with Crippen LogP contribution in [0, 0.1) is 4.64 Å². The Morgan fingerprint density at radius 1 is 1.31 bits per heavy atom. The van der Waals surface area contributed by atoms with Crippen LogP contribution in [0.25, 0.3) is 10.9 Å². The van der Waals surface area contributed by atoms with E-state index in [1.54, 1.807) is 11.1 Å². The number of aromatic amines is 1. The molecule has 1 aromatic carbocycles. The number of nitrogens with zero attached hydrogens (tertiary/aromatic N) is 3. The number of carbonyl (C=O) groups excluding carboxylic acids is 1. The van der Waals surface area contributed by atoms with Crippen molar-refractivity contribution < 1.29 is 9.90 Å². The molecule has 0 spiro atoms. The number of piperidine rings is 1. The van der Waals surface area contributed by atoms with E-state index in [9.17, 15) is 9.90 Å². The van der Waals surface area contributed by atoms with Crippen LogP contribution in [0.2, 0.25) is 0 Å². The van der Waals surface area contributed by atoms with Crippen molar-refractivity contribution in [3.05, 3.63) is 59.0 Å². The summed E-state index contributed by atoms with van der Waals surface area (Å²) in [5.74, 6) is -0.0473. The Morgan fingerprint density at radius 2 is 2.12 bits per heavy atom. The predicted octanol–water partition coefficient (Wildman–Crippen LogP) is 2.67. The van der Waals surface area contributed by atoms with Crippen LogP contribution in [0.15, 0.2) is 48.8 Å². The minimum absolute atomic E-state index is 0.0473. The van der Waals surface area contributed by atoms with Crippen LogP contribution in [0.5, 0.6) is 0 Å². The maximum atomic E-state index is 13.4. The monoisotopic (exact) mass is 368 g/mol. The number of β-amino-alcohol motifs (C(OH)–C–C–N with tert-alkyl or cyclic N) is 1. The van der Waals surface area contributed by atoms with Gasteiger partial charge in [0.1, 0.15) is 10.7 Å². The summed E-state index contributed by atoms with van der Waals surface area (Å²) in [6, 6.07) is 10.9. The van der Waals surface area contributed by atoms with Crippen LogP contribution in [0.4, 0.5) is 0 Å². The Morgan fingerprint density at radius 3 is 2.88 bits per heavy atom. The molecule has 134 valence electrons. The Hall–Kier alpha value is -2.51. The van der Waals surface area contributed by atoms with Crippen molar-refractivity contribution in [2.24, 2.45) is 0 Å². The molecule has 1 fully saturated rings. The van der Waals surface area contributed by atoms with E-state index >= 15 is 0 Å². The van der Waals surface area contributed by atoms with Crippen molar-refractivity contribution in [1.82, 2.24) is 19.7 Å². The molecule has 3 aromatic rings. The average Bonchev–Trinajstić information content (AvgIpc) is 3.14. The summed E-state index contributed by atoms with van der Waals surface area (Å²) in [6.07, 6.45) is 4.60. The van der Waals surface area contributed by atoms with E-state index in [1.165, 1.54) is 0 Å². The molecule has 3 heterocycles. The van der Waals surface area contributed by atoms with Crippen LogP contribution in [0.1, 0.15) is 24.4 Å². The molecule has 0 bridgehead atoms. The van der Waals surface area contributed by atoms with Crippen LogP contribution >= 0.6 is 12.2 Å². The van der Waals surface area contributed by atoms with Gasteiger partial charge in [0.05, 0.1) is 23.2 Å². The first kappa shape index (κ1) is 16.9. The van der Waals surface area contributed by atoms with E-state index in [1.807, 2.05) is 47.2 Å². The average molecular weight is 368 g/mol. The summed E-state index contributed by atoms with van der Waals surface area (Å²) in [4.78, 5) is 15.1. The smallest absolute Gasteiger partial charge is 0.250 e. The summed E-state index contributed by atoms with van der Waals surface area (Å²) >= 11 is 5.65. The Balaban J connectivity index is 1.81. The SMILES string of the molecule is O=C(C(c1ccccc1)n1ccc2[nH]ncc2c1=S)N1CCCC(O)C1. The van der Waals surface area contributed by atoms with Gasteiger partial charge in [-0.3, -0.25) is 9.89 Å². The molecule has 1 amide bonds. The van der Waals surface area contributed by atoms with Crippen LogP contribution < -0.4 is 0 Å². The molecule has 26 heavy (non-hydrogen) atoms. The van der Waals surface area contributed by atoms with Crippen LogP contribution in [-0.4, -0.2) is 49.9 Å². The summed E-state index contributed by atoms with van der Waals surface area (Å²) in [5, 5.41) is 17.8. The van der Waals surface area contributed by atoms with Gasteiger partial charge in [0, 0.05) is 19.3 Å². The molecular weight excluding hydrogens is 348 g/mol. The third-order valence-electron chi connectivity index (χ3n) is 4.87. The molecule has 2 N–H and O–H groups in total. The highest BCUT2D eigenvalue weighted by atomic mass is 32.1.